The zero-order chi connectivity index (χ0) is 13.3. The summed E-state index contributed by atoms with van der Waals surface area (Å²) in [4.78, 5) is 0. The normalized spacial score (nSPS) is 19.2. The standard InChI is InChI=1S/C14H24ClN3/c1-9(2)18-14(13(15)8-17-18)11(4)10(3)7-16-12-5-6-12/h8-12,16H,5-7H2,1-4H3. The maximum atomic E-state index is 6.30. The van der Waals surface area contributed by atoms with E-state index in [-0.39, 0.29) is 0 Å². The van der Waals surface area contributed by atoms with E-state index in [1.807, 2.05) is 0 Å². The molecule has 0 aromatic carbocycles. The highest BCUT2D eigenvalue weighted by atomic mass is 35.5. The minimum Gasteiger partial charge on any atom is -0.314 e. The van der Waals surface area contributed by atoms with Gasteiger partial charge < -0.3 is 5.32 Å². The molecule has 1 N–H and O–H groups in total. The van der Waals surface area contributed by atoms with E-state index >= 15 is 0 Å². The number of rotatable bonds is 6. The molecule has 0 bridgehead atoms. The van der Waals surface area contributed by atoms with Crippen LogP contribution in [0.25, 0.3) is 0 Å². The molecule has 1 heterocycles. The molecule has 102 valence electrons. The van der Waals surface area contributed by atoms with Crippen LogP contribution < -0.4 is 5.32 Å². The summed E-state index contributed by atoms with van der Waals surface area (Å²) in [6, 6.07) is 1.13. The van der Waals surface area contributed by atoms with E-state index in [4.69, 9.17) is 11.6 Å². The van der Waals surface area contributed by atoms with E-state index in [9.17, 15) is 0 Å². The lowest BCUT2D eigenvalue weighted by Crippen LogP contribution is -2.27. The van der Waals surface area contributed by atoms with Gasteiger partial charge >= 0.3 is 0 Å². The van der Waals surface area contributed by atoms with Crippen molar-refractivity contribution in [3.63, 3.8) is 0 Å². The lowest BCUT2D eigenvalue weighted by atomic mass is 9.92. The zero-order valence-corrected chi connectivity index (χ0v) is 12.5. The average molecular weight is 270 g/mol. The van der Waals surface area contributed by atoms with Crippen LogP contribution in [0.2, 0.25) is 5.02 Å². The summed E-state index contributed by atoms with van der Waals surface area (Å²) in [7, 11) is 0. The van der Waals surface area contributed by atoms with Crippen molar-refractivity contribution in [2.45, 2.75) is 58.5 Å². The Morgan fingerprint density at radius 3 is 2.61 bits per heavy atom. The first-order valence-corrected chi connectivity index (χ1v) is 7.34. The second kappa shape index (κ2) is 5.62. The smallest absolute Gasteiger partial charge is 0.0820 e. The molecule has 1 aliphatic rings. The van der Waals surface area contributed by atoms with E-state index < -0.39 is 0 Å². The molecule has 1 aromatic rings. The lowest BCUT2D eigenvalue weighted by molar-refractivity contribution is 0.405. The van der Waals surface area contributed by atoms with Gasteiger partial charge in [-0.2, -0.15) is 5.10 Å². The summed E-state index contributed by atoms with van der Waals surface area (Å²) in [5.74, 6) is 0.992. The number of halogens is 1. The van der Waals surface area contributed by atoms with Crippen molar-refractivity contribution in [1.82, 2.24) is 15.1 Å². The van der Waals surface area contributed by atoms with Crippen LogP contribution in [-0.2, 0) is 0 Å². The van der Waals surface area contributed by atoms with Gasteiger partial charge in [0.1, 0.15) is 0 Å². The first kappa shape index (κ1) is 13.9. The van der Waals surface area contributed by atoms with Crippen LogP contribution in [0.4, 0.5) is 0 Å². The summed E-state index contributed by atoms with van der Waals surface area (Å²) >= 11 is 6.30. The minimum atomic E-state index is 0.360. The second-order valence-electron chi connectivity index (χ2n) is 5.86. The molecule has 2 unspecified atom stereocenters. The van der Waals surface area contributed by atoms with Crippen LogP contribution in [-0.4, -0.2) is 22.4 Å². The molecule has 1 fully saturated rings. The van der Waals surface area contributed by atoms with Gasteiger partial charge in [0, 0.05) is 18.0 Å². The molecule has 2 rings (SSSR count). The van der Waals surface area contributed by atoms with Gasteiger partial charge in [-0.15, -0.1) is 0 Å². The summed E-state index contributed by atoms with van der Waals surface area (Å²) in [5, 5.41) is 8.79. The highest BCUT2D eigenvalue weighted by Crippen LogP contribution is 2.32. The molecule has 1 aromatic heterocycles. The molecule has 0 saturated heterocycles. The van der Waals surface area contributed by atoms with Crippen molar-refractivity contribution in [3.05, 3.63) is 16.9 Å². The Morgan fingerprint density at radius 2 is 2.06 bits per heavy atom. The van der Waals surface area contributed by atoms with Crippen molar-refractivity contribution in [2.24, 2.45) is 5.92 Å². The van der Waals surface area contributed by atoms with Gasteiger partial charge in [0.25, 0.3) is 0 Å². The third kappa shape index (κ3) is 3.07. The third-order valence-corrected chi connectivity index (χ3v) is 4.16. The van der Waals surface area contributed by atoms with E-state index in [0.717, 1.165) is 17.6 Å². The molecule has 1 aliphatic carbocycles. The van der Waals surface area contributed by atoms with E-state index in [1.165, 1.54) is 18.5 Å². The fourth-order valence-corrected chi connectivity index (χ4v) is 2.58. The van der Waals surface area contributed by atoms with Gasteiger partial charge in [0.15, 0.2) is 0 Å². The van der Waals surface area contributed by atoms with E-state index in [0.29, 0.717) is 17.9 Å². The Hall–Kier alpha value is -0.540. The molecular formula is C14H24ClN3. The van der Waals surface area contributed by atoms with Gasteiger partial charge in [-0.3, -0.25) is 4.68 Å². The predicted octanol–water partition coefficient (Wildman–Crippen LogP) is 3.61. The monoisotopic (exact) mass is 269 g/mol. The molecule has 0 aliphatic heterocycles. The summed E-state index contributed by atoms with van der Waals surface area (Å²) < 4.78 is 2.06. The molecule has 4 heteroatoms. The zero-order valence-electron chi connectivity index (χ0n) is 11.8. The van der Waals surface area contributed by atoms with Crippen LogP contribution in [0, 0.1) is 5.92 Å². The lowest BCUT2D eigenvalue weighted by Gasteiger charge is -2.23. The first-order chi connectivity index (χ1) is 8.50. The molecule has 18 heavy (non-hydrogen) atoms. The Kier molecular flexibility index (Phi) is 4.33. The molecule has 0 spiro atoms. The molecule has 1 saturated carbocycles. The number of hydrogen-bond donors (Lipinski definition) is 1. The van der Waals surface area contributed by atoms with Crippen LogP contribution in [0.15, 0.2) is 6.20 Å². The van der Waals surface area contributed by atoms with Crippen LogP contribution in [0.1, 0.15) is 58.2 Å². The number of hydrogen-bond acceptors (Lipinski definition) is 2. The number of nitrogens with one attached hydrogen (secondary N) is 1. The average Bonchev–Trinajstić information content (AvgIpc) is 3.07. The third-order valence-electron chi connectivity index (χ3n) is 3.87. The Morgan fingerprint density at radius 1 is 1.39 bits per heavy atom. The van der Waals surface area contributed by atoms with E-state index in [2.05, 4.69) is 42.8 Å². The maximum absolute atomic E-state index is 6.30. The van der Waals surface area contributed by atoms with Crippen molar-refractivity contribution >= 4 is 11.6 Å². The van der Waals surface area contributed by atoms with Crippen LogP contribution in [0.5, 0.6) is 0 Å². The van der Waals surface area contributed by atoms with Crippen LogP contribution >= 0.6 is 11.6 Å². The fourth-order valence-electron chi connectivity index (χ4n) is 2.27. The Labute approximate surface area is 115 Å². The van der Waals surface area contributed by atoms with Gasteiger partial charge in [-0.1, -0.05) is 25.4 Å². The van der Waals surface area contributed by atoms with Crippen molar-refractivity contribution in [3.8, 4) is 0 Å². The van der Waals surface area contributed by atoms with Crippen molar-refractivity contribution in [1.29, 1.82) is 0 Å². The SMILES string of the molecule is CC(CNC1CC1)C(C)c1c(Cl)cnn1C(C)C. The van der Waals surface area contributed by atoms with Gasteiger partial charge in [-0.05, 0) is 39.2 Å². The van der Waals surface area contributed by atoms with Gasteiger partial charge in [0.2, 0.25) is 0 Å². The van der Waals surface area contributed by atoms with Crippen molar-refractivity contribution in [2.75, 3.05) is 6.54 Å². The highest BCUT2D eigenvalue weighted by molar-refractivity contribution is 6.31. The van der Waals surface area contributed by atoms with Gasteiger partial charge in [0.05, 0.1) is 16.9 Å². The Bertz CT molecular complexity index is 396. The number of aromatic nitrogens is 2. The largest absolute Gasteiger partial charge is 0.314 e. The van der Waals surface area contributed by atoms with Gasteiger partial charge in [-0.25, -0.2) is 0 Å². The molecule has 0 radical (unpaired) electrons. The first-order valence-electron chi connectivity index (χ1n) is 6.97. The molecule has 2 atom stereocenters. The topological polar surface area (TPSA) is 29.9 Å². The highest BCUT2D eigenvalue weighted by Gasteiger charge is 2.25. The number of nitrogens with zero attached hydrogens (tertiary/aromatic N) is 2. The quantitative estimate of drug-likeness (QED) is 0.855. The van der Waals surface area contributed by atoms with Crippen molar-refractivity contribution < 1.29 is 0 Å². The van der Waals surface area contributed by atoms with Crippen LogP contribution in [0.3, 0.4) is 0 Å². The molecule has 0 amide bonds. The maximum Gasteiger partial charge on any atom is 0.0820 e. The molecule has 3 nitrogen and oxygen atoms in total. The summed E-state index contributed by atoms with van der Waals surface area (Å²) in [6.07, 6.45) is 4.45. The van der Waals surface area contributed by atoms with E-state index in [1.54, 1.807) is 6.20 Å². The summed E-state index contributed by atoms with van der Waals surface area (Å²) in [5.41, 5.74) is 1.18. The second-order valence-corrected chi connectivity index (χ2v) is 6.27. The predicted molar refractivity (Wildman–Crippen MR) is 76.2 cm³/mol. The fraction of sp³-hybridized carbons (Fsp3) is 0.786. The Balaban J connectivity index is 2.05. The molecular weight excluding hydrogens is 246 g/mol. The minimum absolute atomic E-state index is 0.360. The summed E-state index contributed by atoms with van der Waals surface area (Å²) in [6.45, 7) is 9.89.